The smallest absolute Gasteiger partial charge is 0.307 e. The van der Waals surface area contributed by atoms with Crippen LogP contribution in [0.1, 0.15) is 5.56 Å². The first-order chi connectivity index (χ1) is 11.9. The van der Waals surface area contributed by atoms with Gasteiger partial charge in [-0.2, -0.15) is 0 Å². The van der Waals surface area contributed by atoms with Gasteiger partial charge in [0.25, 0.3) is 0 Å². The van der Waals surface area contributed by atoms with Crippen molar-refractivity contribution in [1.82, 2.24) is 4.57 Å². The Labute approximate surface area is 162 Å². The molecule has 0 unspecified atom stereocenters. The number of rotatable bonds is 5. The number of nitrogens with one attached hydrogen (secondary N) is 1. The van der Waals surface area contributed by atoms with Gasteiger partial charge < -0.3 is 9.88 Å². The molecule has 3 aromatic rings. The third-order valence-electron chi connectivity index (χ3n) is 3.58. The zero-order chi connectivity index (χ0) is 18.0. The van der Waals surface area contributed by atoms with E-state index in [-0.39, 0.29) is 10.8 Å². The second-order valence-electron chi connectivity index (χ2n) is 5.39. The molecule has 0 aliphatic rings. The van der Waals surface area contributed by atoms with Crippen molar-refractivity contribution in [3.05, 3.63) is 61.7 Å². The molecule has 1 N–H and O–H groups in total. The molecule has 25 heavy (non-hydrogen) atoms. The van der Waals surface area contributed by atoms with Gasteiger partial charge in [-0.1, -0.05) is 40.6 Å². The predicted octanol–water partition coefficient (Wildman–Crippen LogP) is 4.78. The lowest BCUT2D eigenvalue weighted by Gasteiger charge is -2.07. The van der Waals surface area contributed by atoms with E-state index in [4.69, 9.17) is 23.2 Å². The highest BCUT2D eigenvalue weighted by Crippen LogP contribution is 2.25. The molecule has 1 amide bonds. The zero-order valence-electron chi connectivity index (χ0n) is 13.2. The number of thioether (sulfide) groups is 1. The van der Waals surface area contributed by atoms with E-state index in [1.807, 2.05) is 18.2 Å². The van der Waals surface area contributed by atoms with Crippen LogP contribution >= 0.6 is 46.3 Å². The van der Waals surface area contributed by atoms with E-state index in [1.54, 1.807) is 29.8 Å². The van der Waals surface area contributed by atoms with Crippen LogP contribution in [0, 0.1) is 0 Å². The molecule has 1 aromatic heterocycles. The predicted molar refractivity (Wildman–Crippen MR) is 108 cm³/mol. The first-order valence-corrected chi connectivity index (χ1v) is 10.1. The number of carbonyl (C=O) groups is 1. The third-order valence-corrected chi connectivity index (χ3v) is 6.15. The second kappa shape index (κ2) is 7.83. The van der Waals surface area contributed by atoms with Crippen molar-refractivity contribution >= 4 is 68.1 Å². The molecule has 130 valence electrons. The minimum absolute atomic E-state index is 0.0196. The van der Waals surface area contributed by atoms with Gasteiger partial charge in [-0.15, -0.1) is 11.8 Å². The maximum absolute atomic E-state index is 12.1. The number of thiazole rings is 1. The summed E-state index contributed by atoms with van der Waals surface area (Å²) < 4.78 is 2.45. The summed E-state index contributed by atoms with van der Waals surface area (Å²) in [6, 6.07) is 10.8. The number of carbonyl (C=O) groups excluding carboxylic acids is 1. The number of benzene rings is 2. The molecule has 0 saturated heterocycles. The van der Waals surface area contributed by atoms with Gasteiger partial charge in [-0.3, -0.25) is 9.59 Å². The Morgan fingerprint density at radius 2 is 2.04 bits per heavy atom. The number of hydrogen-bond acceptors (Lipinski definition) is 4. The summed E-state index contributed by atoms with van der Waals surface area (Å²) in [4.78, 5) is 23.7. The summed E-state index contributed by atoms with van der Waals surface area (Å²) in [5.74, 6) is 0.836. The van der Waals surface area contributed by atoms with E-state index in [9.17, 15) is 9.59 Å². The van der Waals surface area contributed by atoms with Gasteiger partial charge in [0.2, 0.25) is 5.91 Å². The molecule has 0 saturated carbocycles. The monoisotopic (exact) mass is 412 g/mol. The van der Waals surface area contributed by atoms with Crippen LogP contribution in [-0.2, 0) is 17.6 Å². The first kappa shape index (κ1) is 18.3. The molecule has 0 spiro atoms. The molecular weight excluding hydrogens is 399 g/mol. The first-order valence-electron chi connectivity index (χ1n) is 7.35. The molecule has 2 aromatic carbocycles. The zero-order valence-corrected chi connectivity index (χ0v) is 16.4. The van der Waals surface area contributed by atoms with E-state index in [2.05, 4.69) is 5.32 Å². The number of aryl methyl sites for hydroxylation is 1. The standard InChI is InChI=1S/C17H14Cl2N2O2S2/c1-21-14-5-4-12(7-15(14)25-17(21)23)20-16(22)9-24-8-10-2-3-11(18)6-13(10)19/h2-7H,8-9H2,1H3,(H,20,22). The molecule has 0 bridgehead atoms. The highest BCUT2D eigenvalue weighted by Gasteiger charge is 2.08. The van der Waals surface area contributed by atoms with Gasteiger partial charge in [0.15, 0.2) is 0 Å². The lowest BCUT2D eigenvalue weighted by Crippen LogP contribution is -2.14. The lowest BCUT2D eigenvalue weighted by molar-refractivity contribution is -0.113. The van der Waals surface area contributed by atoms with Gasteiger partial charge in [-0.05, 0) is 35.9 Å². The largest absolute Gasteiger partial charge is 0.325 e. The molecule has 0 atom stereocenters. The minimum atomic E-state index is -0.0993. The highest BCUT2D eigenvalue weighted by molar-refractivity contribution is 7.99. The Morgan fingerprint density at radius 3 is 2.80 bits per heavy atom. The summed E-state index contributed by atoms with van der Waals surface area (Å²) in [7, 11) is 1.73. The molecule has 1 heterocycles. The van der Waals surface area contributed by atoms with E-state index in [0.717, 1.165) is 27.1 Å². The van der Waals surface area contributed by atoms with E-state index >= 15 is 0 Å². The summed E-state index contributed by atoms with van der Waals surface area (Å²) >= 11 is 14.6. The number of hydrogen-bond donors (Lipinski definition) is 1. The van der Waals surface area contributed by atoms with Gasteiger partial charge >= 0.3 is 4.87 Å². The SMILES string of the molecule is Cn1c(=O)sc2cc(NC(=O)CSCc3ccc(Cl)cc3Cl)ccc21. The number of halogens is 2. The Hall–Kier alpha value is -1.47. The van der Waals surface area contributed by atoms with Crippen molar-refractivity contribution in [3.8, 4) is 0 Å². The quantitative estimate of drug-likeness (QED) is 0.655. The van der Waals surface area contributed by atoms with Gasteiger partial charge in [-0.25, -0.2) is 0 Å². The molecule has 8 heteroatoms. The summed E-state index contributed by atoms with van der Waals surface area (Å²) in [6.07, 6.45) is 0. The van der Waals surface area contributed by atoms with Crippen molar-refractivity contribution < 1.29 is 4.79 Å². The van der Waals surface area contributed by atoms with Crippen molar-refractivity contribution in [2.75, 3.05) is 11.1 Å². The van der Waals surface area contributed by atoms with Crippen molar-refractivity contribution in [2.24, 2.45) is 7.05 Å². The Morgan fingerprint density at radius 1 is 1.24 bits per heavy atom. The van der Waals surface area contributed by atoms with Crippen LogP contribution in [0.2, 0.25) is 10.0 Å². The highest BCUT2D eigenvalue weighted by atomic mass is 35.5. The van der Waals surface area contributed by atoms with E-state index < -0.39 is 0 Å². The average Bonchev–Trinajstić information content (AvgIpc) is 2.83. The molecule has 0 radical (unpaired) electrons. The molecule has 0 aliphatic carbocycles. The van der Waals surface area contributed by atoms with Crippen LogP contribution in [0.25, 0.3) is 10.2 Å². The van der Waals surface area contributed by atoms with Gasteiger partial charge in [0.1, 0.15) is 0 Å². The number of anilines is 1. The molecule has 3 rings (SSSR count). The Balaban J connectivity index is 1.58. The summed E-state index contributed by atoms with van der Waals surface area (Å²) in [5.41, 5.74) is 2.49. The summed E-state index contributed by atoms with van der Waals surface area (Å²) in [5, 5.41) is 4.05. The molecule has 0 fully saturated rings. The van der Waals surface area contributed by atoms with E-state index in [1.165, 1.54) is 11.8 Å². The molecule has 4 nitrogen and oxygen atoms in total. The van der Waals surface area contributed by atoms with Crippen LogP contribution in [0.15, 0.2) is 41.2 Å². The van der Waals surface area contributed by atoms with Crippen LogP contribution in [0.5, 0.6) is 0 Å². The summed E-state index contributed by atoms with van der Waals surface area (Å²) in [6.45, 7) is 0. The van der Waals surface area contributed by atoms with Crippen molar-refractivity contribution in [2.45, 2.75) is 5.75 Å². The normalized spacial score (nSPS) is 11.0. The lowest BCUT2D eigenvalue weighted by atomic mass is 10.2. The maximum Gasteiger partial charge on any atom is 0.307 e. The molecule has 0 aliphatic heterocycles. The number of nitrogens with zero attached hydrogens (tertiary/aromatic N) is 1. The van der Waals surface area contributed by atoms with Gasteiger partial charge in [0, 0.05) is 28.5 Å². The average molecular weight is 413 g/mol. The van der Waals surface area contributed by atoms with Crippen LogP contribution in [0.4, 0.5) is 5.69 Å². The second-order valence-corrected chi connectivity index (χ2v) is 8.21. The van der Waals surface area contributed by atoms with Crippen LogP contribution < -0.4 is 10.2 Å². The van der Waals surface area contributed by atoms with Gasteiger partial charge in [0.05, 0.1) is 16.0 Å². The minimum Gasteiger partial charge on any atom is -0.325 e. The van der Waals surface area contributed by atoms with Crippen LogP contribution in [-0.4, -0.2) is 16.2 Å². The number of aromatic nitrogens is 1. The molecular formula is C17H14Cl2N2O2S2. The fraction of sp³-hybridized carbons (Fsp3) is 0.176. The van der Waals surface area contributed by atoms with E-state index in [0.29, 0.717) is 27.2 Å². The number of fused-ring (bicyclic) bond motifs is 1. The Bertz CT molecular complexity index is 998. The maximum atomic E-state index is 12.1. The Kier molecular flexibility index (Phi) is 5.74. The fourth-order valence-corrected chi connectivity index (χ4v) is 4.61. The number of amides is 1. The topological polar surface area (TPSA) is 51.1 Å². The van der Waals surface area contributed by atoms with Crippen molar-refractivity contribution in [3.63, 3.8) is 0 Å². The van der Waals surface area contributed by atoms with Crippen molar-refractivity contribution in [1.29, 1.82) is 0 Å². The fourth-order valence-electron chi connectivity index (χ4n) is 2.30. The third kappa shape index (κ3) is 4.39. The van der Waals surface area contributed by atoms with Crippen LogP contribution in [0.3, 0.4) is 0 Å².